The Labute approximate surface area is 132 Å². The smallest absolute Gasteiger partial charge is 0.384 e. The van der Waals surface area contributed by atoms with Gasteiger partial charge >= 0.3 is 6.18 Å². The van der Waals surface area contributed by atoms with Crippen molar-refractivity contribution in [1.29, 1.82) is 0 Å². The zero-order chi connectivity index (χ0) is 17.5. The highest BCUT2D eigenvalue weighted by Crippen LogP contribution is 2.30. The molecule has 3 rings (SSSR count). The van der Waals surface area contributed by atoms with Crippen molar-refractivity contribution in [2.24, 2.45) is 5.73 Å². The highest BCUT2D eigenvalue weighted by molar-refractivity contribution is 5.85. The number of anilines is 1. The number of nitrogens with two attached hydrogens (primary N) is 2. The summed E-state index contributed by atoms with van der Waals surface area (Å²) in [6, 6.07) is 7.42. The van der Waals surface area contributed by atoms with Crippen molar-refractivity contribution in [1.82, 2.24) is 19.9 Å². The fourth-order valence-electron chi connectivity index (χ4n) is 2.25. The lowest BCUT2D eigenvalue weighted by Gasteiger charge is -2.13. The maximum absolute atomic E-state index is 12.9. The van der Waals surface area contributed by atoms with Gasteiger partial charge in [-0.2, -0.15) is 13.2 Å². The molecule has 0 saturated heterocycles. The van der Waals surface area contributed by atoms with E-state index in [-0.39, 0.29) is 5.82 Å². The molecular weight excluding hydrogens is 325 g/mol. The first-order chi connectivity index (χ1) is 11.3. The molecule has 2 heterocycles. The van der Waals surface area contributed by atoms with E-state index in [1.165, 1.54) is 0 Å². The normalized spacial score (nSPS) is 13.1. The van der Waals surface area contributed by atoms with Gasteiger partial charge in [-0.15, -0.1) is 0 Å². The second-order valence-corrected chi connectivity index (χ2v) is 5.01. The molecule has 0 aliphatic rings. The molecule has 24 heavy (non-hydrogen) atoms. The van der Waals surface area contributed by atoms with Crippen LogP contribution in [0.2, 0.25) is 0 Å². The summed E-state index contributed by atoms with van der Waals surface area (Å²) in [5.74, 6) is -3.18. The molecule has 10 heteroatoms. The van der Waals surface area contributed by atoms with E-state index < -0.39 is 35.3 Å². The Kier molecular flexibility index (Phi) is 3.59. The predicted molar refractivity (Wildman–Crippen MR) is 78.6 cm³/mol. The Morgan fingerprint density at radius 3 is 2.50 bits per heavy atom. The topological polar surface area (TPSA) is 124 Å². The Hall–Kier alpha value is -3.17. The van der Waals surface area contributed by atoms with Crippen molar-refractivity contribution in [3.63, 3.8) is 0 Å². The molecule has 2 aromatic heterocycles. The van der Waals surface area contributed by atoms with Gasteiger partial charge in [0.15, 0.2) is 11.7 Å². The number of fused-ring (bicyclic) bond motifs is 1. The Morgan fingerprint density at radius 2 is 1.88 bits per heavy atom. The number of para-hydroxylation sites is 2. The van der Waals surface area contributed by atoms with E-state index in [9.17, 15) is 18.0 Å². The summed E-state index contributed by atoms with van der Waals surface area (Å²) >= 11 is 0. The number of benzene rings is 1. The van der Waals surface area contributed by atoms with Gasteiger partial charge < -0.3 is 16.5 Å². The summed E-state index contributed by atoms with van der Waals surface area (Å²) in [5.41, 5.74) is 10.6. The van der Waals surface area contributed by atoms with Crippen molar-refractivity contribution in [3.8, 4) is 0 Å². The van der Waals surface area contributed by atoms with Crippen molar-refractivity contribution in [2.45, 2.75) is 12.1 Å². The number of amides is 1. The maximum Gasteiger partial charge on any atom is 0.433 e. The number of carbonyl (C=O) groups is 1. The number of nitrogens with one attached hydrogen (secondary N) is 1. The van der Waals surface area contributed by atoms with E-state index in [4.69, 9.17) is 11.5 Å². The Balaban J connectivity index is 2.15. The van der Waals surface area contributed by atoms with Crippen LogP contribution in [-0.4, -0.2) is 25.8 Å². The average molecular weight is 336 g/mol. The minimum Gasteiger partial charge on any atom is -0.384 e. The monoisotopic (exact) mass is 336 g/mol. The summed E-state index contributed by atoms with van der Waals surface area (Å²) in [6.07, 6.45) is -4.73. The molecule has 1 unspecified atom stereocenters. The molecule has 1 atom stereocenters. The Bertz CT molecular complexity index is 887. The molecular formula is C14H11F3N6O. The standard InChI is InChI=1S/C14H11F3N6O/c15-14(16,17)8-5-9(18)23-13(22-8)10(11(19)24)12-20-6-3-1-2-4-7(6)21-12/h1-5,10H,(H2,19,24)(H,20,21)(H2,18,22,23). The van der Waals surface area contributed by atoms with E-state index >= 15 is 0 Å². The third-order valence-electron chi connectivity index (χ3n) is 3.28. The highest BCUT2D eigenvalue weighted by atomic mass is 19.4. The first-order valence-corrected chi connectivity index (χ1v) is 6.71. The molecule has 3 aromatic rings. The number of nitrogens with zero attached hydrogens (tertiary/aromatic N) is 3. The average Bonchev–Trinajstić information content (AvgIpc) is 2.88. The van der Waals surface area contributed by atoms with Gasteiger partial charge in [-0.1, -0.05) is 12.1 Å². The second-order valence-electron chi connectivity index (χ2n) is 5.01. The number of nitrogen functional groups attached to an aromatic ring is 1. The summed E-state index contributed by atoms with van der Waals surface area (Å²) in [7, 11) is 0. The summed E-state index contributed by atoms with van der Waals surface area (Å²) in [4.78, 5) is 25.9. The van der Waals surface area contributed by atoms with Crippen molar-refractivity contribution in [2.75, 3.05) is 5.73 Å². The first-order valence-electron chi connectivity index (χ1n) is 6.71. The molecule has 0 radical (unpaired) electrons. The van der Waals surface area contributed by atoms with Crippen LogP contribution in [0.15, 0.2) is 30.3 Å². The number of hydrogen-bond donors (Lipinski definition) is 3. The van der Waals surface area contributed by atoms with Gasteiger partial charge in [-0.05, 0) is 12.1 Å². The zero-order valence-electron chi connectivity index (χ0n) is 12.0. The molecule has 0 aliphatic carbocycles. The minimum atomic E-state index is -4.73. The molecule has 0 bridgehead atoms. The minimum absolute atomic E-state index is 0.0439. The van der Waals surface area contributed by atoms with Crippen LogP contribution in [0.3, 0.4) is 0 Å². The van der Waals surface area contributed by atoms with Crippen LogP contribution in [0.25, 0.3) is 11.0 Å². The molecule has 124 valence electrons. The number of aromatic amines is 1. The van der Waals surface area contributed by atoms with Crippen LogP contribution in [0.4, 0.5) is 19.0 Å². The quantitative estimate of drug-likeness (QED) is 0.670. The number of carbonyl (C=O) groups excluding carboxylic acids is 1. The van der Waals surface area contributed by atoms with Crippen LogP contribution in [0, 0.1) is 0 Å². The Morgan fingerprint density at radius 1 is 1.17 bits per heavy atom. The van der Waals surface area contributed by atoms with Gasteiger partial charge in [0, 0.05) is 6.07 Å². The summed E-state index contributed by atoms with van der Waals surface area (Å²) in [6.45, 7) is 0. The van der Waals surface area contributed by atoms with E-state index in [2.05, 4.69) is 19.9 Å². The number of halogens is 3. The number of aromatic nitrogens is 4. The molecule has 0 aliphatic heterocycles. The lowest BCUT2D eigenvalue weighted by molar-refractivity contribution is -0.141. The SMILES string of the molecule is NC(=O)C(c1nc(N)cc(C(F)(F)F)n1)c1nc2ccccc2[nH]1. The lowest BCUT2D eigenvalue weighted by atomic mass is 10.1. The van der Waals surface area contributed by atoms with E-state index in [0.29, 0.717) is 17.1 Å². The van der Waals surface area contributed by atoms with Gasteiger partial charge in [0.25, 0.3) is 0 Å². The third-order valence-corrected chi connectivity index (χ3v) is 3.28. The fraction of sp³-hybridized carbons (Fsp3) is 0.143. The number of hydrogen-bond acceptors (Lipinski definition) is 5. The third kappa shape index (κ3) is 2.85. The molecule has 5 N–H and O–H groups in total. The number of alkyl halides is 3. The fourth-order valence-corrected chi connectivity index (χ4v) is 2.25. The molecule has 1 aromatic carbocycles. The van der Waals surface area contributed by atoms with Gasteiger partial charge in [0.1, 0.15) is 17.3 Å². The van der Waals surface area contributed by atoms with E-state index in [1.54, 1.807) is 24.3 Å². The molecule has 1 amide bonds. The van der Waals surface area contributed by atoms with Crippen molar-refractivity contribution in [3.05, 3.63) is 47.7 Å². The van der Waals surface area contributed by atoms with Crippen molar-refractivity contribution < 1.29 is 18.0 Å². The predicted octanol–water partition coefficient (Wildman–Crippen LogP) is 1.57. The molecule has 7 nitrogen and oxygen atoms in total. The summed E-state index contributed by atoms with van der Waals surface area (Å²) < 4.78 is 38.7. The zero-order valence-corrected chi connectivity index (χ0v) is 12.0. The van der Waals surface area contributed by atoms with E-state index in [0.717, 1.165) is 0 Å². The second kappa shape index (κ2) is 5.48. The van der Waals surface area contributed by atoms with Crippen LogP contribution in [0.5, 0.6) is 0 Å². The molecule has 0 spiro atoms. The van der Waals surface area contributed by atoms with Crippen LogP contribution >= 0.6 is 0 Å². The van der Waals surface area contributed by atoms with E-state index in [1.807, 2.05) is 0 Å². The maximum atomic E-state index is 12.9. The first kappa shape index (κ1) is 15.7. The van der Waals surface area contributed by atoms with Gasteiger partial charge in [0.05, 0.1) is 11.0 Å². The van der Waals surface area contributed by atoms with Gasteiger partial charge in [-0.25, -0.2) is 15.0 Å². The summed E-state index contributed by atoms with van der Waals surface area (Å²) in [5, 5.41) is 0. The number of H-pyrrole nitrogens is 1. The molecule has 0 fully saturated rings. The van der Waals surface area contributed by atoms with Crippen molar-refractivity contribution >= 4 is 22.8 Å². The van der Waals surface area contributed by atoms with Gasteiger partial charge in [-0.3, -0.25) is 4.79 Å². The highest BCUT2D eigenvalue weighted by Gasteiger charge is 2.36. The largest absolute Gasteiger partial charge is 0.433 e. The number of rotatable bonds is 3. The number of primary amides is 1. The van der Waals surface area contributed by atoms with Gasteiger partial charge in [0.2, 0.25) is 5.91 Å². The van der Waals surface area contributed by atoms with Crippen LogP contribution in [-0.2, 0) is 11.0 Å². The number of imidazole rings is 1. The van der Waals surface area contributed by atoms with Crippen LogP contribution in [0.1, 0.15) is 23.3 Å². The van der Waals surface area contributed by atoms with Crippen LogP contribution < -0.4 is 11.5 Å². The molecule has 0 saturated carbocycles. The lowest BCUT2D eigenvalue weighted by Crippen LogP contribution is -2.26.